The quantitative estimate of drug-likeness (QED) is 0.509. The van der Waals surface area contributed by atoms with E-state index in [0.717, 1.165) is 17.4 Å². The van der Waals surface area contributed by atoms with Crippen LogP contribution in [0.15, 0.2) is 24.3 Å². The van der Waals surface area contributed by atoms with Crippen molar-refractivity contribution in [3.05, 3.63) is 35.7 Å². The molecule has 0 aliphatic rings. The third kappa shape index (κ3) is 5.01. The number of ether oxygens (including phenoxy) is 3. The van der Waals surface area contributed by atoms with Gasteiger partial charge in [-0.25, -0.2) is 9.59 Å². The molecule has 1 aromatic carbocycles. The molecule has 8 nitrogen and oxygen atoms in total. The molecule has 29 heavy (non-hydrogen) atoms. The second-order valence-electron chi connectivity index (χ2n) is 6.40. The molecule has 2 rings (SSSR count). The highest BCUT2D eigenvalue weighted by Gasteiger charge is 2.34. The van der Waals surface area contributed by atoms with Gasteiger partial charge in [-0.2, -0.15) is 0 Å². The van der Waals surface area contributed by atoms with Crippen molar-refractivity contribution in [1.82, 2.24) is 4.57 Å². The summed E-state index contributed by atoms with van der Waals surface area (Å²) in [5, 5.41) is 19.8. The molecule has 1 aromatic heterocycles. The molecule has 0 amide bonds. The summed E-state index contributed by atoms with van der Waals surface area (Å²) in [6.45, 7) is 4.47. The molecule has 0 saturated heterocycles. The second kappa shape index (κ2) is 10.4. The molecular weight excluding hydrogens is 378 g/mol. The van der Waals surface area contributed by atoms with Crippen molar-refractivity contribution < 1.29 is 34.0 Å². The van der Waals surface area contributed by atoms with Crippen LogP contribution in [0.2, 0.25) is 0 Å². The van der Waals surface area contributed by atoms with Crippen LogP contribution in [-0.4, -0.2) is 47.0 Å². The molecule has 8 heteroatoms. The standard InChI is InChI=1S/C21H27NO7/c1-4-6-12-28-18-16(20(23)24)22(14-8-10-15(27-3)11-9-14)17(21(25)26)19(18)29-13-7-5-2/h8-11H,4-7,12-13H2,1-3H3,(H,23,24)(H,25,26). The van der Waals surface area contributed by atoms with Gasteiger partial charge in [-0.3, -0.25) is 4.57 Å². The summed E-state index contributed by atoms with van der Waals surface area (Å²) in [5.41, 5.74) is -0.211. The lowest BCUT2D eigenvalue weighted by Gasteiger charge is -2.10. The van der Waals surface area contributed by atoms with Crippen LogP contribution in [-0.2, 0) is 0 Å². The average molecular weight is 405 g/mol. The summed E-state index contributed by atoms with van der Waals surface area (Å²) in [5.74, 6) is -2.17. The van der Waals surface area contributed by atoms with E-state index in [4.69, 9.17) is 14.2 Å². The van der Waals surface area contributed by atoms with Crippen LogP contribution in [0.25, 0.3) is 5.69 Å². The number of aromatic carboxylic acids is 2. The number of carboxylic acids is 2. The Labute approximate surface area is 169 Å². The first-order valence-corrected chi connectivity index (χ1v) is 9.61. The number of unbranched alkanes of at least 4 members (excludes halogenated alkanes) is 2. The maximum Gasteiger partial charge on any atom is 0.356 e. The summed E-state index contributed by atoms with van der Waals surface area (Å²) < 4.78 is 17.7. The highest BCUT2D eigenvalue weighted by Crippen LogP contribution is 2.41. The average Bonchev–Trinajstić information content (AvgIpc) is 3.03. The van der Waals surface area contributed by atoms with Crippen molar-refractivity contribution >= 4 is 11.9 Å². The van der Waals surface area contributed by atoms with Crippen LogP contribution >= 0.6 is 0 Å². The van der Waals surface area contributed by atoms with Crippen molar-refractivity contribution in [2.24, 2.45) is 0 Å². The van der Waals surface area contributed by atoms with Gasteiger partial charge in [0, 0.05) is 5.69 Å². The predicted octanol–water partition coefficient (Wildman–Crippen LogP) is 4.24. The summed E-state index contributed by atoms with van der Waals surface area (Å²) in [4.78, 5) is 24.2. The number of nitrogens with zero attached hydrogens (tertiary/aromatic N) is 1. The van der Waals surface area contributed by atoms with E-state index >= 15 is 0 Å². The van der Waals surface area contributed by atoms with E-state index in [1.165, 1.54) is 7.11 Å². The van der Waals surface area contributed by atoms with Gasteiger partial charge in [0.1, 0.15) is 5.75 Å². The molecule has 0 bridgehead atoms. The van der Waals surface area contributed by atoms with E-state index in [1.807, 2.05) is 13.8 Å². The van der Waals surface area contributed by atoms with Crippen LogP contribution in [0.5, 0.6) is 17.2 Å². The fourth-order valence-corrected chi connectivity index (χ4v) is 2.81. The second-order valence-corrected chi connectivity index (χ2v) is 6.40. The van der Waals surface area contributed by atoms with Crippen LogP contribution in [0.1, 0.15) is 60.5 Å². The fourth-order valence-electron chi connectivity index (χ4n) is 2.81. The minimum absolute atomic E-state index is 0.0599. The van der Waals surface area contributed by atoms with E-state index in [1.54, 1.807) is 24.3 Å². The Morgan fingerprint density at radius 3 is 1.66 bits per heavy atom. The number of aromatic nitrogens is 1. The number of benzene rings is 1. The Hall–Kier alpha value is -3.16. The van der Waals surface area contributed by atoms with Crippen LogP contribution in [0.3, 0.4) is 0 Å². The van der Waals surface area contributed by atoms with Crippen molar-refractivity contribution in [3.8, 4) is 22.9 Å². The molecule has 0 spiro atoms. The van der Waals surface area contributed by atoms with Gasteiger partial charge >= 0.3 is 11.9 Å². The van der Waals surface area contributed by atoms with Gasteiger partial charge < -0.3 is 24.4 Å². The predicted molar refractivity (Wildman–Crippen MR) is 107 cm³/mol. The normalized spacial score (nSPS) is 10.6. The number of rotatable bonds is 12. The molecule has 0 radical (unpaired) electrons. The molecule has 0 aliphatic heterocycles. The lowest BCUT2D eigenvalue weighted by atomic mass is 10.2. The Morgan fingerprint density at radius 2 is 1.31 bits per heavy atom. The van der Waals surface area contributed by atoms with E-state index in [-0.39, 0.29) is 36.1 Å². The van der Waals surface area contributed by atoms with E-state index in [2.05, 4.69) is 0 Å². The van der Waals surface area contributed by atoms with Gasteiger partial charge in [0.05, 0.1) is 20.3 Å². The first-order valence-electron chi connectivity index (χ1n) is 9.61. The van der Waals surface area contributed by atoms with Gasteiger partial charge in [-0.05, 0) is 37.1 Å². The minimum atomic E-state index is -1.31. The maximum atomic E-state index is 12.1. The largest absolute Gasteiger partial charge is 0.497 e. The molecule has 158 valence electrons. The number of hydrogen-bond donors (Lipinski definition) is 2. The molecule has 0 unspecified atom stereocenters. The minimum Gasteiger partial charge on any atom is -0.497 e. The lowest BCUT2D eigenvalue weighted by molar-refractivity contribution is 0.0680. The topological polar surface area (TPSA) is 107 Å². The molecule has 0 fully saturated rings. The Bertz CT molecular complexity index is 794. The van der Waals surface area contributed by atoms with E-state index in [9.17, 15) is 19.8 Å². The number of hydrogen-bond acceptors (Lipinski definition) is 5. The third-order valence-corrected chi connectivity index (χ3v) is 4.31. The molecule has 0 saturated carbocycles. The SMILES string of the molecule is CCCCOc1c(OCCCC)c(C(=O)O)n(-c2ccc(OC)cc2)c1C(=O)O. The van der Waals surface area contributed by atoms with E-state index < -0.39 is 11.9 Å². The molecule has 2 N–H and O–H groups in total. The van der Waals surface area contributed by atoms with Crippen molar-refractivity contribution in [1.29, 1.82) is 0 Å². The zero-order valence-electron chi connectivity index (χ0n) is 16.9. The van der Waals surface area contributed by atoms with Crippen LogP contribution in [0, 0.1) is 0 Å². The number of carbonyl (C=O) groups is 2. The van der Waals surface area contributed by atoms with E-state index in [0.29, 0.717) is 24.3 Å². The first kappa shape index (κ1) is 22.1. The zero-order chi connectivity index (χ0) is 21.4. The number of carboxylic acid groups (broad SMARTS) is 2. The summed E-state index contributed by atoms with van der Waals surface area (Å²) in [7, 11) is 1.51. The lowest BCUT2D eigenvalue weighted by Crippen LogP contribution is -2.14. The Balaban J connectivity index is 2.71. The molecule has 1 heterocycles. The summed E-state index contributed by atoms with van der Waals surface area (Å²) in [6.07, 6.45) is 3.09. The first-order chi connectivity index (χ1) is 14.0. The molecule has 2 aromatic rings. The van der Waals surface area contributed by atoms with Crippen molar-refractivity contribution in [2.45, 2.75) is 39.5 Å². The van der Waals surface area contributed by atoms with Gasteiger partial charge in [0.15, 0.2) is 22.9 Å². The van der Waals surface area contributed by atoms with Crippen LogP contribution in [0.4, 0.5) is 0 Å². The highest BCUT2D eigenvalue weighted by molar-refractivity contribution is 5.99. The number of methoxy groups -OCH3 is 1. The highest BCUT2D eigenvalue weighted by atomic mass is 16.5. The smallest absolute Gasteiger partial charge is 0.356 e. The molecule has 0 atom stereocenters. The van der Waals surface area contributed by atoms with Gasteiger partial charge in [0.25, 0.3) is 0 Å². The third-order valence-electron chi connectivity index (χ3n) is 4.31. The van der Waals surface area contributed by atoms with Gasteiger partial charge in [-0.1, -0.05) is 26.7 Å². The van der Waals surface area contributed by atoms with Gasteiger partial charge in [-0.15, -0.1) is 0 Å². The van der Waals surface area contributed by atoms with Crippen molar-refractivity contribution in [2.75, 3.05) is 20.3 Å². The molecular formula is C21H27NO7. The fraction of sp³-hybridized carbons (Fsp3) is 0.429. The zero-order valence-corrected chi connectivity index (χ0v) is 16.9. The van der Waals surface area contributed by atoms with Gasteiger partial charge in [0.2, 0.25) is 0 Å². The van der Waals surface area contributed by atoms with Crippen LogP contribution < -0.4 is 14.2 Å². The maximum absolute atomic E-state index is 12.1. The van der Waals surface area contributed by atoms with Crippen molar-refractivity contribution in [3.63, 3.8) is 0 Å². The Morgan fingerprint density at radius 1 is 0.862 bits per heavy atom. The Kier molecular flexibility index (Phi) is 7.94. The molecule has 0 aliphatic carbocycles. The summed E-state index contributed by atoms with van der Waals surface area (Å²) >= 11 is 0. The summed E-state index contributed by atoms with van der Waals surface area (Å²) in [6, 6.07) is 6.43. The monoisotopic (exact) mass is 405 g/mol.